The summed E-state index contributed by atoms with van der Waals surface area (Å²) in [6.07, 6.45) is 0.928. The van der Waals surface area contributed by atoms with E-state index in [-0.39, 0.29) is 6.10 Å². The molecular weight excluding hydrogens is 342 g/mol. The van der Waals surface area contributed by atoms with E-state index in [4.69, 9.17) is 9.26 Å². The van der Waals surface area contributed by atoms with E-state index in [0.29, 0.717) is 24.9 Å². The number of nitriles is 1. The van der Waals surface area contributed by atoms with Crippen LogP contribution in [0.2, 0.25) is 0 Å². The van der Waals surface area contributed by atoms with Gasteiger partial charge in [0, 0.05) is 26.2 Å². The molecule has 144 valence electrons. The van der Waals surface area contributed by atoms with Crippen molar-refractivity contribution >= 4 is 0 Å². The highest BCUT2D eigenvalue weighted by atomic mass is 16.5. The van der Waals surface area contributed by atoms with E-state index in [1.54, 1.807) is 0 Å². The fourth-order valence-electron chi connectivity index (χ4n) is 3.36. The predicted molar refractivity (Wildman–Crippen MR) is 101 cm³/mol. The Labute approximate surface area is 160 Å². The van der Waals surface area contributed by atoms with Crippen LogP contribution in [-0.2, 0) is 17.8 Å². The molecule has 0 bridgehead atoms. The van der Waals surface area contributed by atoms with Gasteiger partial charge in [0.1, 0.15) is 6.10 Å². The quantitative estimate of drug-likeness (QED) is 0.742. The van der Waals surface area contributed by atoms with Crippen molar-refractivity contribution in [3.8, 4) is 6.07 Å². The van der Waals surface area contributed by atoms with Crippen LogP contribution >= 0.6 is 0 Å². The molecule has 1 atom stereocenters. The van der Waals surface area contributed by atoms with Crippen LogP contribution in [0.3, 0.4) is 0 Å². The van der Waals surface area contributed by atoms with E-state index in [1.807, 2.05) is 38.1 Å². The molecule has 7 nitrogen and oxygen atoms in total. The van der Waals surface area contributed by atoms with Crippen molar-refractivity contribution in [3.63, 3.8) is 0 Å². The largest absolute Gasteiger partial charge is 0.371 e. The van der Waals surface area contributed by atoms with Crippen molar-refractivity contribution in [2.75, 3.05) is 32.8 Å². The second kappa shape index (κ2) is 9.60. The first kappa shape index (κ1) is 19.5. The summed E-state index contributed by atoms with van der Waals surface area (Å²) < 4.78 is 10.9. The van der Waals surface area contributed by atoms with Gasteiger partial charge in [0.25, 0.3) is 0 Å². The molecule has 0 saturated carbocycles. The van der Waals surface area contributed by atoms with Crippen molar-refractivity contribution in [2.45, 2.75) is 39.5 Å². The molecule has 2 aromatic rings. The summed E-state index contributed by atoms with van der Waals surface area (Å²) in [4.78, 5) is 9.22. The molecule has 0 aliphatic carbocycles. The maximum Gasteiger partial charge on any atom is 0.240 e. The van der Waals surface area contributed by atoms with Crippen LogP contribution in [-0.4, -0.2) is 52.7 Å². The number of nitrogens with zero attached hydrogens (tertiary/aromatic N) is 5. The van der Waals surface area contributed by atoms with Gasteiger partial charge in [0.05, 0.1) is 18.2 Å². The van der Waals surface area contributed by atoms with E-state index in [1.165, 1.54) is 0 Å². The Bertz CT molecular complexity index is 770. The van der Waals surface area contributed by atoms with Gasteiger partial charge in [-0.1, -0.05) is 23.4 Å². The first-order valence-electron chi connectivity index (χ1n) is 9.56. The van der Waals surface area contributed by atoms with E-state index in [0.717, 1.165) is 50.3 Å². The minimum atomic E-state index is -0.146. The number of hydrogen-bond donors (Lipinski definition) is 0. The normalized spacial score (nSPS) is 17.4. The molecule has 1 aliphatic rings. The SMILES string of the molecule is CCOC(C)c1noc(CN2CCCN(Cc3ccccc3C#N)CC2)n1. The zero-order valence-electron chi connectivity index (χ0n) is 16.1. The minimum absolute atomic E-state index is 0.146. The standard InChI is InChI=1S/C20H27N5O2/c1-3-26-16(2)20-22-19(27-23-20)15-25-10-6-9-24(11-12-25)14-18-8-5-4-7-17(18)13-21/h4-5,7-8,16H,3,6,9-12,14-15H2,1-2H3. The van der Waals surface area contributed by atoms with Crippen molar-refractivity contribution in [1.29, 1.82) is 5.26 Å². The third-order valence-corrected chi connectivity index (χ3v) is 4.84. The Morgan fingerprint density at radius 1 is 1.19 bits per heavy atom. The van der Waals surface area contributed by atoms with Gasteiger partial charge in [-0.25, -0.2) is 0 Å². The number of benzene rings is 1. The molecule has 1 unspecified atom stereocenters. The van der Waals surface area contributed by atoms with Gasteiger partial charge in [0.15, 0.2) is 5.82 Å². The summed E-state index contributed by atoms with van der Waals surface area (Å²) in [7, 11) is 0. The van der Waals surface area contributed by atoms with Gasteiger partial charge in [-0.05, 0) is 45.0 Å². The molecule has 1 aromatic heterocycles. The van der Waals surface area contributed by atoms with Crippen LogP contribution in [0.1, 0.15) is 49.2 Å². The summed E-state index contributed by atoms with van der Waals surface area (Å²) in [5.74, 6) is 1.25. The fraction of sp³-hybridized carbons (Fsp3) is 0.550. The van der Waals surface area contributed by atoms with Crippen LogP contribution in [0.4, 0.5) is 0 Å². The molecule has 1 aliphatic heterocycles. The van der Waals surface area contributed by atoms with Crippen molar-refractivity contribution in [2.24, 2.45) is 0 Å². The minimum Gasteiger partial charge on any atom is -0.371 e. The molecule has 1 fully saturated rings. The lowest BCUT2D eigenvalue weighted by Crippen LogP contribution is -2.30. The van der Waals surface area contributed by atoms with Crippen molar-refractivity contribution in [1.82, 2.24) is 19.9 Å². The van der Waals surface area contributed by atoms with Crippen molar-refractivity contribution in [3.05, 3.63) is 47.1 Å². The van der Waals surface area contributed by atoms with E-state index in [9.17, 15) is 5.26 Å². The predicted octanol–water partition coefficient (Wildman–Crippen LogP) is 2.75. The Hall–Kier alpha value is -2.27. The number of aromatic nitrogens is 2. The lowest BCUT2D eigenvalue weighted by Gasteiger charge is -2.21. The van der Waals surface area contributed by atoms with Crippen LogP contribution in [0.5, 0.6) is 0 Å². The Balaban J connectivity index is 1.53. The Morgan fingerprint density at radius 2 is 1.93 bits per heavy atom. The van der Waals surface area contributed by atoms with E-state index < -0.39 is 0 Å². The average Bonchev–Trinajstić information content (AvgIpc) is 3.04. The lowest BCUT2D eigenvalue weighted by molar-refractivity contribution is 0.0683. The third-order valence-electron chi connectivity index (χ3n) is 4.84. The molecule has 0 radical (unpaired) electrons. The van der Waals surface area contributed by atoms with Gasteiger partial charge >= 0.3 is 0 Å². The van der Waals surface area contributed by atoms with Crippen LogP contribution in [0, 0.1) is 11.3 Å². The van der Waals surface area contributed by atoms with E-state index >= 15 is 0 Å². The van der Waals surface area contributed by atoms with E-state index in [2.05, 4.69) is 26.0 Å². The van der Waals surface area contributed by atoms with Crippen LogP contribution < -0.4 is 0 Å². The Kier molecular flexibility index (Phi) is 6.93. The maximum atomic E-state index is 9.28. The van der Waals surface area contributed by atoms with Gasteiger partial charge in [-0.2, -0.15) is 10.2 Å². The molecule has 1 saturated heterocycles. The zero-order chi connectivity index (χ0) is 19.1. The Morgan fingerprint density at radius 3 is 2.67 bits per heavy atom. The smallest absolute Gasteiger partial charge is 0.240 e. The number of hydrogen-bond acceptors (Lipinski definition) is 7. The zero-order valence-corrected chi connectivity index (χ0v) is 16.1. The van der Waals surface area contributed by atoms with Gasteiger partial charge in [-0.3, -0.25) is 9.80 Å². The summed E-state index contributed by atoms with van der Waals surface area (Å²) in [5, 5.41) is 13.3. The van der Waals surface area contributed by atoms with Gasteiger partial charge in [0.2, 0.25) is 5.89 Å². The molecule has 3 rings (SSSR count). The summed E-state index contributed by atoms with van der Waals surface area (Å²) in [6, 6.07) is 10.1. The molecule has 0 spiro atoms. The summed E-state index contributed by atoms with van der Waals surface area (Å²) in [6.45, 7) is 9.90. The molecule has 7 heteroatoms. The van der Waals surface area contributed by atoms with Crippen molar-refractivity contribution < 1.29 is 9.26 Å². The fourth-order valence-corrected chi connectivity index (χ4v) is 3.36. The molecular formula is C20H27N5O2. The second-order valence-corrected chi connectivity index (χ2v) is 6.82. The maximum absolute atomic E-state index is 9.28. The number of ether oxygens (including phenoxy) is 1. The molecule has 27 heavy (non-hydrogen) atoms. The third kappa shape index (κ3) is 5.36. The molecule has 0 N–H and O–H groups in total. The first-order valence-corrected chi connectivity index (χ1v) is 9.56. The molecule has 0 amide bonds. The highest BCUT2D eigenvalue weighted by Crippen LogP contribution is 2.16. The summed E-state index contributed by atoms with van der Waals surface area (Å²) >= 11 is 0. The topological polar surface area (TPSA) is 78.4 Å². The van der Waals surface area contributed by atoms with Crippen LogP contribution in [0.25, 0.3) is 0 Å². The molecule has 2 heterocycles. The van der Waals surface area contributed by atoms with Crippen LogP contribution in [0.15, 0.2) is 28.8 Å². The second-order valence-electron chi connectivity index (χ2n) is 6.82. The highest BCUT2D eigenvalue weighted by Gasteiger charge is 2.19. The lowest BCUT2D eigenvalue weighted by atomic mass is 10.1. The molecule has 1 aromatic carbocycles. The van der Waals surface area contributed by atoms with Gasteiger partial charge < -0.3 is 9.26 Å². The monoisotopic (exact) mass is 369 g/mol. The number of rotatable bonds is 7. The summed E-state index contributed by atoms with van der Waals surface area (Å²) in [5.41, 5.74) is 1.86. The van der Waals surface area contributed by atoms with Gasteiger partial charge in [-0.15, -0.1) is 0 Å². The average molecular weight is 369 g/mol. The first-order chi connectivity index (χ1) is 13.2. The highest BCUT2D eigenvalue weighted by molar-refractivity contribution is 5.37.